The van der Waals surface area contributed by atoms with E-state index in [2.05, 4.69) is 0 Å². The van der Waals surface area contributed by atoms with Gasteiger partial charge in [0.25, 0.3) is 0 Å². The molecule has 1 heterocycles. The maximum atomic E-state index is 11.9. The number of aromatic hydroxyl groups is 1. The Morgan fingerprint density at radius 2 is 2.18 bits per heavy atom. The minimum atomic E-state index is -0.591. The van der Waals surface area contributed by atoms with Crippen LogP contribution >= 0.6 is 0 Å². The number of phenolic OH excluding ortho intramolecular Hbond substituents is 1. The molecule has 1 N–H and O–H groups in total. The molecular weight excluding hydrogens is 220 g/mol. The zero-order chi connectivity index (χ0) is 12.6. The molecule has 1 aromatic rings. The molecule has 1 aromatic carbocycles. The van der Waals surface area contributed by atoms with Crippen molar-refractivity contribution in [1.29, 1.82) is 0 Å². The predicted molar refractivity (Wildman–Crippen MR) is 62.9 cm³/mol. The molecule has 0 radical (unpaired) electrons. The highest BCUT2D eigenvalue weighted by Crippen LogP contribution is 2.44. The van der Waals surface area contributed by atoms with Crippen LogP contribution in [0.4, 0.5) is 0 Å². The Bertz CT molecular complexity index is 463. The van der Waals surface area contributed by atoms with Crippen molar-refractivity contribution in [2.75, 3.05) is 6.61 Å². The maximum absolute atomic E-state index is 11.9. The van der Waals surface area contributed by atoms with Crippen molar-refractivity contribution >= 4 is 5.78 Å². The summed E-state index contributed by atoms with van der Waals surface area (Å²) in [6.07, 6.45) is 0.313. The Balaban J connectivity index is 2.51. The number of hydrogen-bond donors (Lipinski definition) is 1. The summed E-state index contributed by atoms with van der Waals surface area (Å²) in [6.45, 7) is 5.92. The summed E-state index contributed by atoms with van der Waals surface area (Å²) in [4.78, 5) is 11.9. The smallest absolute Gasteiger partial charge is 0.201 e. The highest BCUT2D eigenvalue weighted by atomic mass is 16.5. The number of fused-ring (bicyclic) bond motifs is 1. The average Bonchev–Trinajstić information content (AvgIpc) is 2.22. The van der Waals surface area contributed by atoms with Crippen LogP contribution in [0.25, 0.3) is 0 Å². The molecule has 0 saturated heterocycles. The van der Waals surface area contributed by atoms with Gasteiger partial charge in [0.15, 0.2) is 17.3 Å². The van der Waals surface area contributed by atoms with Crippen molar-refractivity contribution in [3.63, 3.8) is 0 Å². The van der Waals surface area contributed by atoms with Crippen LogP contribution in [0.3, 0.4) is 0 Å². The lowest BCUT2D eigenvalue weighted by molar-refractivity contribution is 0.0598. The third-order valence-corrected chi connectivity index (χ3v) is 2.66. The van der Waals surface area contributed by atoms with Crippen molar-refractivity contribution in [2.24, 2.45) is 0 Å². The van der Waals surface area contributed by atoms with Gasteiger partial charge in [-0.15, -0.1) is 0 Å². The molecule has 0 unspecified atom stereocenters. The van der Waals surface area contributed by atoms with E-state index in [9.17, 15) is 9.90 Å². The van der Waals surface area contributed by atoms with Crippen LogP contribution in [-0.2, 0) is 0 Å². The van der Waals surface area contributed by atoms with Crippen molar-refractivity contribution in [3.05, 3.63) is 17.7 Å². The fourth-order valence-electron chi connectivity index (χ4n) is 1.94. The molecule has 1 aliphatic heterocycles. The van der Waals surface area contributed by atoms with Crippen molar-refractivity contribution < 1.29 is 19.4 Å². The summed E-state index contributed by atoms with van der Waals surface area (Å²) < 4.78 is 10.9. The van der Waals surface area contributed by atoms with E-state index >= 15 is 0 Å². The van der Waals surface area contributed by atoms with Gasteiger partial charge in [-0.25, -0.2) is 0 Å². The normalized spacial score (nSPS) is 17.2. The fourth-order valence-corrected chi connectivity index (χ4v) is 1.94. The summed E-state index contributed by atoms with van der Waals surface area (Å²) in [7, 11) is 0. The van der Waals surface area contributed by atoms with Gasteiger partial charge in [0.05, 0.1) is 18.6 Å². The van der Waals surface area contributed by atoms with E-state index in [0.29, 0.717) is 24.3 Å². The molecule has 92 valence electrons. The van der Waals surface area contributed by atoms with Crippen LogP contribution < -0.4 is 9.47 Å². The van der Waals surface area contributed by atoms with Crippen LogP contribution in [0, 0.1) is 0 Å². The number of benzene rings is 1. The lowest BCUT2D eigenvalue weighted by Gasteiger charge is -2.32. The average molecular weight is 236 g/mol. The van der Waals surface area contributed by atoms with E-state index in [1.165, 1.54) is 0 Å². The zero-order valence-corrected chi connectivity index (χ0v) is 10.2. The highest BCUT2D eigenvalue weighted by Gasteiger charge is 2.35. The van der Waals surface area contributed by atoms with Gasteiger partial charge in [0.1, 0.15) is 5.60 Å². The number of Topliss-reactive ketones (excluding diaryl/α,β-unsaturated/α-hetero) is 1. The minimum absolute atomic E-state index is 0.0189. The zero-order valence-electron chi connectivity index (χ0n) is 10.2. The first-order valence-electron chi connectivity index (χ1n) is 5.65. The lowest BCUT2D eigenvalue weighted by Crippen LogP contribution is -2.35. The summed E-state index contributed by atoms with van der Waals surface area (Å²) in [5.41, 5.74) is -0.169. The molecule has 0 atom stereocenters. The Morgan fingerprint density at radius 1 is 1.47 bits per heavy atom. The first kappa shape index (κ1) is 11.8. The van der Waals surface area contributed by atoms with Gasteiger partial charge >= 0.3 is 0 Å². The van der Waals surface area contributed by atoms with E-state index in [0.717, 1.165) is 0 Å². The second-order valence-electron chi connectivity index (χ2n) is 4.68. The molecule has 0 bridgehead atoms. The summed E-state index contributed by atoms with van der Waals surface area (Å²) in [5, 5.41) is 10.0. The molecule has 0 spiro atoms. The molecule has 0 saturated carbocycles. The Kier molecular flexibility index (Phi) is 2.73. The molecule has 4 heteroatoms. The first-order valence-corrected chi connectivity index (χ1v) is 5.65. The van der Waals surface area contributed by atoms with Gasteiger partial charge in [0, 0.05) is 0 Å². The summed E-state index contributed by atoms with van der Waals surface area (Å²) in [5.74, 6) is 0.467. The monoisotopic (exact) mass is 236 g/mol. The third kappa shape index (κ3) is 2.07. The van der Waals surface area contributed by atoms with Crippen molar-refractivity contribution in [2.45, 2.75) is 32.8 Å². The van der Waals surface area contributed by atoms with E-state index in [-0.39, 0.29) is 17.3 Å². The molecule has 0 fully saturated rings. The number of ketones is 1. The van der Waals surface area contributed by atoms with Gasteiger partial charge in [-0.1, -0.05) is 0 Å². The molecule has 0 aliphatic carbocycles. The summed E-state index contributed by atoms with van der Waals surface area (Å²) in [6, 6.07) is 3.23. The second-order valence-corrected chi connectivity index (χ2v) is 4.68. The highest BCUT2D eigenvalue weighted by molar-refractivity contribution is 6.01. The fraction of sp³-hybridized carbons (Fsp3) is 0.462. The van der Waals surface area contributed by atoms with Crippen molar-refractivity contribution in [1.82, 2.24) is 0 Å². The van der Waals surface area contributed by atoms with Crippen LogP contribution in [0.15, 0.2) is 12.1 Å². The predicted octanol–water partition coefficient (Wildman–Crippen LogP) is 2.53. The molecule has 4 nitrogen and oxygen atoms in total. The molecule has 2 rings (SSSR count). The first-order chi connectivity index (χ1) is 7.94. The Morgan fingerprint density at radius 3 is 2.82 bits per heavy atom. The number of rotatable bonds is 2. The van der Waals surface area contributed by atoms with Crippen LogP contribution in [0.1, 0.15) is 37.6 Å². The Hall–Kier alpha value is -1.71. The number of ether oxygens (including phenoxy) is 2. The van der Waals surface area contributed by atoms with E-state index in [1.54, 1.807) is 12.1 Å². The van der Waals surface area contributed by atoms with Gasteiger partial charge < -0.3 is 14.6 Å². The molecule has 17 heavy (non-hydrogen) atoms. The number of phenols is 1. The standard InChI is InChI=1S/C13H16O4/c1-4-16-10-6-5-8-9(14)7-13(2,3)17-12(8)11(10)15/h5-6,15H,4,7H2,1-3H3. The van der Waals surface area contributed by atoms with Crippen LogP contribution in [0.5, 0.6) is 17.2 Å². The van der Waals surface area contributed by atoms with Crippen LogP contribution in [-0.4, -0.2) is 23.1 Å². The largest absolute Gasteiger partial charge is 0.502 e. The Labute approximate surface area is 100 Å². The molecule has 0 amide bonds. The third-order valence-electron chi connectivity index (χ3n) is 2.66. The number of hydrogen-bond acceptors (Lipinski definition) is 4. The summed E-state index contributed by atoms with van der Waals surface area (Å²) >= 11 is 0. The topological polar surface area (TPSA) is 55.8 Å². The second kappa shape index (κ2) is 3.95. The van der Waals surface area contributed by atoms with Gasteiger partial charge in [-0.2, -0.15) is 0 Å². The van der Waals surface area contributed by atoms with E-state index in [4.69, 9.17) is 9.47 Å². The molecule has 1 aliphatic rings. The van der Waals surface area contributed by atoms with Gasteiger partial charge in [-0.3, -0.25) is 4.79 Å². The van der Waals surface area contributed by atoms with Gasteiger partial charge in [-0.05, 0) is 32.9 Å². The molecular formula is C13H16O4. The van der Waals surface area contributed by atoms with E-state index < -0.39 is 5.60 Å². The SMILES string of the molecule is CCOc1ccc2c(c1O)OC(C)(C)CC2=O. The molecule has 0 aromatic heterocycles. The van der Waals surface area contributed by atoms with Crippen molar-refractivity contribution in [3.8, 4) is 17.2 Å². The lowest BCUT2D eigenvalue weighted by atomic mass is 9.93. The van der Waals surface area contributed by atoms with E-state index in [1.807, 2.05) is 20.8 Å². The maximum Gasteiger partial charge on any atom is 0.201 e. The number of carbonyl (C=O) groups is 1. The van der Waals surface area contributed by atoms with Gasteiger partial charge in [0.2, 0.25) is 5.75 Å². The van der Waals surface area contributed by atoms with Crippen LogP contribution in [0.2, 0.25) is 0 Å². The minimum Gasteiger partial charge on any atom is -0.502 e. The number of carbonyl (C=O) groups excluding carboxylic acids is 1. The quantitative estimate of drug-likeness (QED) is 0.857.